The van der Waals surface area contributed by atoms with E-state index < -0.39 is 37.3 Å². The van der Waals surface area contributed by atoms with Gasteiger partial charge in [-0.3, -0.25) is 4.79 Å². The Kier molecular flexibility index (Phi) is 4.84. The SMILES string of the molecule is CC(C)C(=O)NC1OC(CO)C([OH2+])C(O)C1O. The highest BCUT2D eigenvalue weighted by Gasteiger charge is 2.47. The predicted molar refractivity (Wildman–Crippen MR) is 58.1 cm³/mol. The largest absolute Gasteiger partial charge is 0.439 e. The van der Waals surface area contributed by atoms with Gasteiger partial charge in [0, 0.05) is 5.92 Å². The van der Waals surface area contributed by atoms with Gasteiger partial charge >= 0.3 is 0 Å². The van der Waals surface area contributed by atoms with Crippen molar-refractivity contribution in [2.75, 3.05) is 6.61 Å². The Labute approximate surface area is 99.0 Å². The van der Waals surface area contributed by atoms with Gasteiger partial charge in [0.1, 0.15) is 6.10 Å². The number of aliphatic hydroxyl groups is 3. The smallest absolute Gasteiger partial charge is 0.224 e. The van der Waals surface area contributed by atoms with Crippen molar-refractivity contribution < 1.29 is 30.0 Å². The molecule has 0 aromatic rings. The van der Waals surface area contributed by atoms with Crippen molar-refractivity contribution in [3.8, 4) is 0 Å². The first kappa shape index (κ1) is 14.3. The summed E-state index contributed by atoms with van der Waals surface area (Å²) in [6.07, 6.45) is -5.90. The molecule has 1 heterocycles. The van der Waals surface area contributed by atoms with Crippen molar-refractivity contribution in [3.63, 3.8) is 0 Å². The fourth-order valence-electron chi connectivity index (χ4n) is 1.55. The maximum atomic E-state index is 11.4. The number of ether oxygens (including phenoxy) is 1. The molecule has 5 unspecified atom stereocenters. The molecule has 1 aliphatic heterocycles. The Morgan fingerprint density at radius 3 is 2.47 bits per heavy atom. The molecule has 17 heavy (non-hydrogen) atoms. The van der Waals surface area contributed by atoms with Crippen LogP contribution in [-0.4, -0.2) is 63.6 Å². The van der Waals surface area contributed by atoms with E-state index in [4.69, 9.17) is 14.9 Å². The van der Waals surface area contributed by atoms with Crippen LogP contribution in [0.4, 0.5) is 0 Å². The molecule has 0 aliphatic carbocycles. The van der Waals surface area contributed by atoms with Gasteiger partial charge in [-0.2, -0.15) is 0 Å². The van der Waals surface area contributed by atoms with E-state index in [1.165, 1.54) is 0 Å². The number of aliphatic hydroxyl groups excluding tert-OH is 3. The van der Waals surface area contributed by atoms with E-state index in [0.29, 0.717) is 0 Å². The third kappa shape index (κ3) is 3.14. The van der Waals surface area contributed by atoms with Gasteiger partial charge in [-0.05, 0) is 0 Å². The fraction of sp³-hybridized carbons (Fsp3) is 0.900. The maximum absolute atomic E-state index is 11.4. The zero-order valence-electron chi connectivity index (χ0n) is 9.83. The minimum Gasteiger partial charge on any atom is -0.439 e. The molecule has 5 atom stereocenters. The summed E-state index contributed by atoms with van der Waals surface area (Å²) in [5.41, 5.74) is 0. The van der Waals surface area contributed by atoms with E-state index >= 15 is 0 Å². The van der Waals surface area contributed by atoms with Crippen molar-refractivity contribution in [3.05, 3.63) is 0 Å². The number of rotatable bonds is 3. The molecule has 0 saturated carbocycles. The first-order valence-electron chi connectivity index (χ1n) is 5.52. The lowest BCUT2D eigenvalue weighted by atomic mass is 9.98. The molecule has 0 bridgehead atoms. The first-order valence-corrected chi connectivity index (χ1v) is 5.52. The van der Waals surface area contributed by atoms with E-state index in [-0.39, 0.29) is 11.8 Å². The molecule has 1 rings (SSSR count). The second kappa shape index (κ2) is 5.74. The molecule has 1 aliphatic rings. The second-order valence-corrected chi connectivity index (χ2v) is 4.45. The zero-order chi connectivity index (χ0) is 13.2. The molecule has 7 nitrogen and oxygen atoms in total. The van der Waals surface area contributed by atoms with Crippen molar-refractivity contribution in [1.29, 1.82) is 0 Å². The van der Waals surface area contributed by atoms with Gasteiger partial charge < -0.3 is 30.5 Å². The van der Waals surface area contributed by atoms with E-state index in [9.17, 15) is 15.0 Å². The minimum absolute atomic E-state index is 0.288. The van der Waals surface area contributed by atoms with Crippen LogP contribution in [0.2, 0.25) is 0 Å². The Morgan fingerprint density at radius 1 is 1.41 bits per heavy atom. The maximum Gasteiger partial charge on any atom is 0.224 e. The first-order chi connectivity index (χ1) is 7.88. The lowest BCUT2D eigenvalue weighted by Gasteiger charge is -2.38. The van der Waals surface area contributed by atoms with Crippen LogP contribution in [0.3, 0.4) is 0 Å². The average molecular weight is 250 g/mol. The summed E-state index contributed by atoms with van der Waals surface area (Å²) < 4.78 is 5.17. The Balaban J connectivity index is 2.69. The van der Waals surface area contributed by atoms with Crippen LogP contribution in [0.5, 0.6) is 0 Å². The third-order valence-electron chi connectivity index (χ3n) is 2.74. The Bertz CT molecular complexity index is 270. The standard InChI is InChI=1S/C10H19NO6/c1-4(2)9(16)11-10-8(15)7(14)6(13)5(3-12)17-10/h4-8,10,12-15H,3H2,1-2H3,(H,11,16)/p+1. The molecule has 0 aromatic heterocycles. The van der Waals surface area contributed by atoms with Crippen LogP contribution in [0, 0.1) is 5.92 Å². The summed E-state index contributed by atoms with van der Waals surface area (Å²) >= 11 is 0. The molecule has 0 aromatic carbocycles. The lowest BCUT2D eigenvalue weighted by molar-refractivity contribution is -0.236. The van der Waals surface area contributed by atoms with Crippen LogP contribution in [0.15, 0.2) is 0 Å². The number of carbonyl (C=O) groups excluding carboxylic acids is 1. The van der Waals surface area contributed by atoms with Crippen LogP contribution in [-0.2, 0) is 9.53 Å². The van der Waals surface area contributed by atoms with Crippen LogP contribution >= 0.6 is 0 Å². The van der Waals surface area contributed by atoms with Crippen LogP contribution in [0.1, 0.15) is 13.8 Å². The predicted octanol–water partition coefficient (Wildman–Crippen LogP) is -2.71. The third-order valence-corrected chi connectivity index (χ3v) is 2.74. The summed E-state index contributed by atoms with van der Waals surface area (Å²) in [6.45, 7) is 2.90. The fourth-order valence-corrected chi connectivity index (χ4v) is 1.55. The van der Waals surface area contributed by atoms with E-state index in [1.807, 2.05) is 0 Å². The number of nitrogens with one attached hydrogen (secondary N) is 1. The molecular weight excluding hydrogens is 230 g/mol. The van der Waals surface area contributed by atoms with E-state index in [2.05, 4.69) is 5.32 Å². The second-order valence-electron chi connectivity index (χ2n) is 4.45. The van der Waals surface area contributed by atoms with Crippen molar-refractivity contribution >= 4 is 5.91 Å². The van der Waals surface area contributed by atoms with Crippen LogP contribution in [0.25, 0.3) is 0 Å². The molecule has 7 heteroatoms. The number of hydrogen-bond donors (Lipinski definition) is 4. The summed E-state index contributed by atoms with van der Waals surface area (Å²) in [5, 5.41) is 38.2. The summed E-state index contributed by atoms with van der Waals surface area (Å²) in [4.78, 5) is 11.4. The van der Waals surface area contributed by atoms with Gasteiger partial charge in [0.05, 0.1) is 6.61 Å². The summed E-state index contributed by atoms with van der Waals surface area (Å²) in [7, 11) is 0. The van der Waals surface area contributed by atoms with Gasteiger partial charge in [0.25, 0.3) is 0 Å². The number of carbonyl (C=O) groups is 1. The van der Waals surface area contributed by atoms with Gasteiger partial charge in [-0.25, -0.2) is 0 Å². The number of amides is 1. The van der Waals surface area contributed by atoms with Crippen molar-refractivity contribution in [1.82, 2.24) is 5.32 Å². The normalized spacial score (nSPS) is 38.2. The van der Waals surface area contributed by atoms with Crippen LogP contribution < -0.4 is 5.32 Å². The highest BCUT2D eigenvalue weighted by molar-refractivity contribution is 5.78. The van der Waals surface area contributed by atoms with E-state index in [1.54, 1.807) is 13.8 Å². The molecule has 1 fully saturated rings. The molecule has 0 radical (unpaired) electrons. The summed E-state index contributed by atoms with van der Waals surface area (Å²) in [6, 6.07) is 0. The Hall–Kier alpha value is -0.730. The highest BCUT2D eigenvalue weighted by atomic mass is 16.6. The van der Waals surface area contributed by atoms with Gasteiger partial charge in [0.15, 0.2) is 18.4 Å². The van der Waals surface area contributed by atoms with Gasteiger partial charge in [-0.15, -0.1) is 0 Å². The molecular formula is C10H20NO6+. The average Bonchev–Trinajstić information content (AvgIpc) is 2.29. The zero-order valence-corrected chi connectivity index (χ0v) is 9.83. The summed E-state index contributed by atoms with van der Waals surface area (Å²) in [5.74, 6) is -0.620. The Morgan fingerprint density at radius 2 is 2.00 bits per heavy atom. The van der Waals surface area contributed by atoms with Crippen molar-refractivity contribution in [2.24, 2.45) is 5.92 Å². The van der Waals surface area contributed by atoms with Gasteiger partial charge in [0.2, 0.25) is 12.0 Å². The quantitative estimate of drug-likeness (QED) is 0.406. The molecule has 100 valence electrons. The molecule has 1 amide bonds. The van der Waals surface area contributed by atoms with Gasteiger partial charge in [-0.1, -0.05) is 13.8 Å². The lowest BCUT2D eigenvalue weighted by Crippen LogP contribution is -2.63. The molecule has 6 N–H and O–H groups in total. The molecule has 1 saturated heterocycles. The van der Waals surface area contributed by atoms with Crippen molar-refractivity contribution in [2.45, 2.75) is 44.5 Å². The monoisotopic (exact) mass is 250 g/mol. The topological polar surface area (TPSA) is 122 Å². The highest BCUT2D eigenvalue weighted by Crippen LogP contribution is 2.19. The van der Waals surface area contributed by atoms with E-state index in [0.717, 1.165) is 0 Å². The minimum atomic E-state index is -1.37. The molecule has 0 spiro atoms. The number of hydrogen-bond acceptors (Lipinski definition) is 5.